The summed E-state index contributed by atoms with van der Waals surface area (Å²) in [4.78, 5) is 25.3. The molecule has 0 saturated heterocycles. The fourth-order valence-corrected chi connectivity index (χ4v) is 3.56. The molecular weight excluding hydrogens is 350 g/mol. The summed E-state index contributed by atoms with van der Waals surface area (Å²) < 4.78 is 7.21. The van der Waals surface area contributed by atoms with Crippen LogP contribution in [0.3, 0.4) is 0 Å². The summed E-state index contributed by atoms with van der Waals surface area (Å²) in [5, 5.41) is 0.379. The number of hydrogen-bond acceptors (Lipinski definition) is 3. The number of esters is 1. The van der Waals surface area contributed by atoms with Gasteiger partial charge in [0.05, 0.1) is 17.5 Å². The summed E-state index contributed by atoms with van der Waals surface area (Å²) in [7, 11) is 0. The van der Waals surface area contributed by atoms with E-state index < -0.39 is 0 Å². The second kappa shape index (κ2) is 7.92. The van der Waals surface area contributed by atoms with Crippen molar-refractivity contribution in [1.82, 2.24) is 4.57 Å². The molecule has 2 aromatic rings. The van der Waals surface area contributed by atoms with Gasteiger partial charge >= 0.3 is 5.97 Å². The molecule has 1 aromatic heterocycles. The summed E-state index contributed by atoms with van der Waals surface area (Å²) in [6.07, 6.45) is 4.19. The zero-order chi connectivity index (χ0) is 18.7. The van der Waals surface area contributed by atoms with Crippen LogP contribution >= 0.6 is 11.6 Å². The number of unbranched alkanes of at least 4 members (excludes halogenated alkanes) is 1. The average Bonchev–Trinajstić information content (AvgIpc) is 3.19. The van der Waals surface area contributed by atoms with Crippen molar-refractivity contribution < 1.29 is 14.3 Å². The number of carbonyl (C=O) groups is 2. The second-order valence-corrected chi connectivity index (χ2v) is 6.84. The topological polar surface area (TPSA) is 48.3 Å². The third-order valence-corrected chi connectivity index (χ3v) is 5.02. The molecule has 1 aromatic carbocycles. The maximum atomic E-state index is 12.9. The summed E-state index contributed by atoms with van der Waals surface area (Å²) in [6.45, 7) is 6.78. The highest BCUT2D eigenvalue weighted by molar-refractivity contribution is 6.35. The third-order valence-electron chi connectivity index (χ3n) is 4.73. The van der Waals surface area contributed by atoms with Gasteiger partial charge in [0.25, 0.3) is 0 Å². The third kappa shape index (κ3) is 3.47. The lowest BCUT2D eigenvalue weighted by molar-refractivity contribution is -0.145. The van der Waals surface area contributed by atoms with Gasteiger partial charge in [-0.25, -0.2) is 0 Å². The molecule has 3 rings (SSSR count). The van der Waals surface area contributed by atoms with Gasteiger partial charge in [-0.2, -0.15) is 0 Å². The van der Waals surface area contributed by atoms with Crippen LogP contribution in [-0.4, -0.2) is 22.9 Å². The van der Waals surface area contributed by atoms with Gasteiger partial charge in [0.2, 0.25) is 5.78 Å². The first kappa shape index (κ1) is 18.5. The van der Waals surface area contributed by atoms with E-state index in [-0.39, 0.29) is 17.7 Å². The molecule has 1 aliphatic heterocycles. The van der Waals surface area contributed by atoms with E-state index in [9.17, 15) is 9.59 Å². The number of ether oxygens (including phenoxy) is 1. The lowest BCUT2D eigenvalue weighted by Crippen LogP contribution is -2.14. The predicted molar refractivity (Wildman–Crippen MR) is 103 cm³/mol. The molecule has 136 valence electrons. The number of benzene rings is 1. The fourth-order valence-electron chi connectivity index (χ4n) is 3.26. The number of rotatable bonds is 7. The van der Waals surface area contributed by atoms with Crippen molar-refractivity contribution in [3.05, 3.63) is 64.4 Å². The number of nitrogens with zero attached hydrogens (tertiary/aromatic N) is 1. The first-order chi connectivity index (χ1) is 12.6. The zero-order valence-corrected chi connectivity index (χ0v) is 15.6. The summed E-state index contributed by atoms with van der Waals surface area (Å²) in [6, 6.07) is 8.94. The van der Waals surface area contributed by atoms with Crippen LogP contribution in [0.4, 0.5) is 0 Å². The predicted octanol–water partition coefficient (Wildman–Crippen LogP) is 4.85. The minimum atomic E-state index is -0.353. The van der Waals surface area contributed by atoms with Crippen LogP contribution in [0.25, 0.3) is 6.08 Å². The standard InChI is InChI=1S/C21H22ClNO3/c1-3-5-12-26-21(25)16-10-11-23-18(16)13-17(22)19(23)20(24)15-8-6-14(4-2)7-9-15/h4,6-9,13,16H,2-3,5,10-12H2,1H3. The van der Waals surface area contributed by atoms with E-state index in [0.29, 0.717) is 35.9 Å². The van der Waals surface area contributed by atoms with E-state index in [4.69, 9.17) is 16.3 Å². The molecular formula is C21H22ClNO3. The number of halogens is 1. The van der Waals surface area contributed by atoms with Gasteiger partial charge < -0.3 is 9.30 Å². The van der Waals surface area contributed by atoms with Crippen LogP contribution in [0.5, 0.6) is 0 Å². The second-order valence-electron chi connectivity index (χ2n) is 6.43. The van der Waals surface area contributed by atoms with E-state index >= 15 is 0 Å². The molecule has 0 bridgehead atoms. The molecule has 4 nitrogen and oxygen atoms in total. The van der Waals surface area contributed by atoms with Crippen LogP contribution in [0.1, 0.15) is 59.4 Å². The van der Waals surface area contributed by atoms with Gasteiger partial charge in [0, 0.05) is 17.8 Å². The molecule has 0 fully saturated rings. The molecule has 0 saturated carbocycles. The quantitative estimate of drug-likeness (QED) is 0.397. The van der Waals surface area contributed by atoms with E-state index in [1.807, 2.05) is 23.6 Å². The van der Waals surface area contributed by atoms with Gasteiger partial charge in [0.15, 0.2) is 0 Å². The minimum absolute atomic E-state index is 0.142. The average molecular weight is 372 g/mol. The van der Waals surface area contributed by atoms with Crippen molar-refractivity contribution in [2.75, 3.05) is 6.61 Å². The van der Waals surface area contributed by atoms with Crippen molar-refractivity contribution >= 4 is 29.4 Å². The Morgan fingerprint density at radius 3 is 2.73 bits per heavy atom. The van der Waals surface area contributed by atoms with Crippen LogP contribution < -0.4 is 0 Å². The lowest BCUT2D eigenvalue weighted by Gasteiger charge is -2.09. The molecule has 0 amide bonds. The molecule has 1 aliphatic rings. The fraction of sp³-hybridized carbons (Fsp3) is 0.333. The normalized spacial score (nSPS) is 15.5. The Balaban J connectivity index is 1.85. The van der Waals surface area contributed by atoms with Gasteiger partial charge in [-0.05, 0) is 24.5 Å². The Hall–Kier alpha value is -2.33. The van der Waals surface area contributed by atoms with Gasteiger partial charge in [-0.3, -0.25) is 9.59 Å². The highest BCUT2D eigenvalue weighted by Crippen LogP contribution is 2.36. The van der Waals surface area contributed by atoms with E-state index in [1.165, 1.54) is 0 Å². The van der Waals surface area contributed by atoms with Crippen molar-refractivity contribution in [1.29, 1.82) is 0 Å². The Bertz CT molecular complexity index is 836. The number of fused-ring (bicyclic) bond motifs is 1. The molecule has 0 N–H and O–H groups in total. The number of aromatic nitrogens is 1. The van der Waals surface area contributed by atoms with Crippen LogP contribution in [0.2, 0.25) is 5.02 Å². The Morgan fingerprint density at radius 2 is 2.08 bits per heavy atom. The summed E-state index contributed by atoms with van der Waals surface area (Å²) in [5.74, 6) is -0.730. The van der Waals surface area contributed by atoms with E-state index in [2.05, 4.69) is 6.58 Å². The van der Waals surface area contributed by atoms with Crippen LogP contribution in [0, 0.1) is 0 Å². The summed E-state index contributed by atoms with van der Waals surface area (Å²) in [5.41, 5.74) is 2.72. The molecule has 1 atom stereocenters. The first-order valence-electron chi connectivity index (χ1n) is 8.89. The van der Waals surface area contributed by atoms with Crippen molar-refractivity contribution in [2.24, 2.45) is 0 Å². The smallest absolute Gasteiger partial charge is 0.315 e. The Labute approximate surface area is 158 Å². The SMILES string of the molecule is C=Cc1ccc(C(=O)c2c(Cl)cc3n2CCC3C(=O)OCCCC)cc1. The zero-order valence-electron chi connectivity index (χ0n) is 14.8. The van der Waals surface area contributed by atoms with Crippen molar-refractivity contribution in [2.45, 2.75) is 38.6 Å². The van der Waals surface area contributed by atoms with Gasteiger partial charge in [0.1, 0.15) is 5.69 Å². The Morgan fingerprint density at radius 1 is 1.35 bits per heavy atom. The molecule has 2 heterocycles. The van der Waals surface area contributed by atoms with Gasteiger partial charge in [-0.15, -0.1) is 0 Å². The number of carbonyl (C=O) groups excluding carboxylic acids is 2. The molecule has 0 spiro atoms. The van der Waals surface area contributed by atoms with E-state index in [1.54, 1.807) is 24.3 Å². The lowest BCUT2D eigenvalue weighted by atomic mass is 10.0. The highest BCUT2D eigenvalue weighted by atomic mass is 35.5. The maximum absolute atomic E-state index is 12.9. The first-order valence-corrected chi connectivity index (χ1v) is 9.27. The van der Waals surface area contributed by atoms with Gasteiger partial charge in [-0.1, -0.05) is 61.9 Å². The maximum Gasteiger partial charge on any atom is 0.315 e. The summed E-state index contributed by atoms with van der Waals surface area (Å²) >= 11 is 6.35. The van der Waals surface area contributed by atoms with Crippen molar-refractivity contribution in [3.8, 4) is 0 Å². The van der Waals surface area contributed by atoms with Crippen LogP contribution in [0.15, 0.2) is 36.9 Å². The molecule has 1 unspecified atom stereocenters. The molecule has 5 heteroatoms. The molecule has 0 aliphatic carbocycles. The number of ketones is 1. The molecule has 0 radical (unpaired) electrons. The minimum Gasteiger partial charge on any atom is -0.465 e. The van der Waals surface area contributed by atoms with Crippen LogP contribution in [-0.2, 0) is 16.1 Å². The largest absolute Gasteiger partial charge is 0.465 e. The number of hydrogen-bond donors (Lipinski definition) is 0. The molecule has 26 heavy (non-hydrogen) atoms. The highest BCUT2D eigenvalue weighted by Gasteiger charge is 2.35. The van der Waals surface area contributed by atoms with Crippen molar-refractivity contribution in [3.63, 3.8) is 0 Å². The Kier molecular flexibility index (Phi) is 5.62. The monoisotopic (exact) mass is 371 g/mol. The van der Waals surface area contributed by atoms with E-state index in [0.717, 1.165) is 24.1 Å².